The lowest BCUT2D eigenvalue weighted by Gasteiger charge is -2.30. The summed E-state index contributed by atoms with van der Waals surface area (Å²) < 4.78 is 6.45. The van der Waals surface area contributed by atoms with Crippen LogP contribution in [0.5, 0.6) is 0 Å². The molecule has 2 heterocycles. The number of ether oxygens (including phenoxy) is 1. The van der Waals surface area contributed by atoms with Crippen molar-refractivity contribution in [2.45, 2.75) is 13.0 Å². The monoisotopic (exact) mass is 293 g/mol. The Kier molecular flexibility index (Phi) is 4.44. The highest BCUT2D eigenvalue weighted by atomic mass is 35.5. The number of rotatable bonds is 3. The van der Waals surface area contributed by atoms with Crippen LogP contribution in [-0.4, -0.2) is 43.0 Å². The Balaban J connectivity index is 1.99. The average Bonchev–Trinajstić information content (AvgIpc) is 2.58. The minimum absolute atomic E-state index is 0.0206. The zero-order chi connectivity index (χ0) is 12.4. The first-order valence-corrected chi connectivity index (χ1v) is 6.95. The summed E-state index contributed by atoms with van der Waals surface area (Å²) >= 11 is 13.0. The van der Waals surface area contributed by atoms with Gasteiger partial charge in [-0.25, -0.2) is 0 Å². The minimum Gasteiger partial charge on any atom is -0.376 e. The topological polar surface area (TPSA) is 29.5 Å². The normalized spacial score (nSPS) is 21.7. The van der Waals surface area contributed by atoms with Crippen LogP contribution in [0.4, 0.5) is 0 Å². The molecule has 0 bridgehead atoms. The van der Waals surface area contributed by atoms with Gasteiger partial charge >= 0.3 is 0 Å². The molecular weight excluding hydrogens is 281 g/mol. The lowest BCUT2D eigenvalue weighted by molar-refractivity contribution is -0.0158. The van der Waals surface area contributed by atoms with E-state index in [1.807, 2.05) is 6.92 Å². The van der Waals surface area contributed by atoms with Gasteiger partial charge in [0.25, 0.3) is 0 Å². The van der Waals surface area contributed by atoms with Gasteiger partial charge in [-0.15, -0.1) is 11.3 Å². The molecule has 0 aliphatic carbocycles. The van der Waals surface area contributed by atoms with Crippen LogP contribution >= 0.6 is 34.5 Å². The minimum atomic E-state index is 0.0206. The molecule has 0 spiro atoms. The maximum absolute atomic E-state index is 12.0. The first-order chi connectivity index (χ1) is 8.06. The Morgan fingerprint density at radius 3 is 3.00 bits per heavy atom. The number of ketones is 1. The average molecular weight is 294 g/mol. The number of carbonyl (C=O) groups excluding carboxylic acids is 1. The molecule has 1 atom stereocenters. The van der Waals surface area contributed by atoms with Gasteiger partial charge in [0.05, 0.1) is 29.2 Å². The molecule has 1 unspecified atom stereocenters. The molecule has 1 fully saturated rings. The fraction of sp³-hybridized carbons (Fsp3) is 0.545. The molecular formula is C11H13Cl2NO2S. The number of nitrogens with zero attached hydrogens (tertiary/aromatic N) is 1. The van der Waals surface area contributed by atoms with E-state index < -0.39 is 0 Å². The van der Waals surface area contributed by atoms with Crippen LogP contribution in [0, 0.1) is 0 Å². The predicted molar refractivity (Wildman–Crippen MR) is 70.5 cm³/mol. The molecule has 0 amide bonds. The van der Waals surface area contributed by atoms with Crippen molar-refractivity contribution in [3.63, 3.8) is 0 Å². The third kappa shape index (κ3) is 3.42. The Labute approximate surface area is 114 Å². The summed E-state index contributed by atoms with van der Waals surface area (Å²) in [5, 5.41) is 0. The van der Waals surface area contributed by atoms with Crippen molar-refractivity contribution in [3.8, 4) is 0 Å². The quantitative estimate of drug-likeness (QED) is 0.803. The van der Waals surface area contributed by atoms with Crippen molar-refractivity contribution in [1.82, 2.24) is 4.90 Å². The van der Waals surface area contributed by atoms with Crippen molar-refractivity contribution < 1.29 is 9.53 Å². The van der Waals surface area contributed by atoms with E-state index in [2.05, 4.69) is 4.90 Å². The van der Waals surface area contributed by atoms with E-state index in [9.17, 15) is 4.79 Å². The van der Waals surface area contributed by atoms with Crippen LogP contribution in [0.2, 0.25) is 8.67 Å². The fourth-order valence-electron chi connectivity index (χ4n) is 1.85. The van der Waals surface area contributed by atoms with E-state index in [0.29, 0.717) is 27.4 Å². The summed E-state index contributed by atoms with van der Waals surface area (Å²) in [7, 11) is 0. The van der Waals surface area contributed by atoms with Crippen molar-refractivity contribution >= 4 is 40.3 Å². The first kappa shape index (κ1) is 13.3. The molecule has 0 aromatic carbocycles. The Morgan fingerprint density at radius 1 is 1.65 bits per heavy atom. The van der Waals surface area contributed by atoms with Crippen molar-refractivity contribution in [3.05, 3.63) is 20.3 Å². The van der Waals surface area contributed by atoms with Crippen LogP contribution in [-0.2, 0) is 4.74 Å². The molecule has 0 N–H and O–H groups in total. The number of morpholine rings is 1. The second-order valence-corrected chi connectivity index (χ2v) is 6.36. The lowest BCUT2D eigenvalue weighted by Crippen LogP contribution is -2.43. The number of hydrogen-bond acceptors (Lipinski definition) is 4. The van der Waals surface area contributed by atoms with E-state index in [4.69, 9.17) is 27.9 Å². The van der Waals surface area contributed by atoms with E-state index in [-0.39, 0.29) is 11.9 Å². The standard InChI is InChI=1S/C11H13Cl2NO2S/c1-7-5-14(2-3-16-7)6-9(15)8-4-10(12)17-11(8)13/h4,7H,2-3,5-6H2,1H3. The largest absolute Gasteiger partial charge is 0.376 e. The molecule has 1 aromatic heterocycles. The van der Waals surface area contributed by atoms with Gasteiger partial charge in [-0.3, -0.25) is 9.69 Å². The maximum atomic E-state index is 12.0. The fourth-order valence-corrected chi connectivity index (χ4v) is 3.35. The molecule has 17 heavy (non-hydrogen) atoms. The molecule has 1 saturated heterocycles. The highest BCUT2D eigenvalue weighted by molar-refractivity contribution is 7.20. The SMILES string of the molecule is CC1CN(CC(=O)c2cc(Cl)sc2Cl)CCO1. The highest BCUT2D eigenvalue weighted by Gasteiger charge is 2.21. The van der Waals surface area contributed by atoms with Crippen molar-refractivity contribution in [2.24, 2.45) is 0 Å². The van der Waals surface area contributed by atoms with E-state index in [0.717, 1.165) is 13.1 Å². The van der Waals surface area contributed by atoms with Crippen molar-refractivity contribution in [1.29, 1.82) is 0 Å². The summed E-state index contributed by atoms with van der Waals surface area (Å²) in [6.07, 6.45) is 0.179. The first-order valence-electron chi connectivity index (χ1n) is 5.38. The van der Waals surface area contributed by atoms with Gasteiger partial charge in [0.1, 0.15) is 4.34 Å². The number of halogens is 2. The molecule has 1 aliphatic rings. The van der Waals surface area contributed by atoms with Gasteiger partial charge < -0.3 is 4.74 Å². The van der Waals surface area contributed by atoms with Crippen LogP contribution in [0.3, 0.4) is 0 Å². The van der Waals surface area contributed by atoms with Gasteiger partial charge in [0.2, 0.25) is 0 Å². The van der Waals surface area contributed by atoms with E-state index in [1.165, 1.54) is 11.3 Å². The van der Waals surface area contributed by atoms with Crippen LogP contribution in [0.25, 0.3) is 0 Å². The number of Topliss-reactive ketones (excluding diaryl/α,β-unsaturated/α-hetero) is 1. The summed E-state index contributed by atoms with van der Waals surface area (Å²) in [6.45, 7) is 4.62. The number of hydrogen-bond donors (Lipinski definition) is 0. The van der Waals surface area contributed by atoms with Crippen LogP contribution < -0.4 is 0 Å². The Hall–Kier alpha value is -0.130. The smallest absolute Gasteiger partial charge is 0.179 e. The van der Waals surface area contributed by atoms with E-state index >= 15 is 0 Å². The van der Waals surface area contributed by atoms with Crippen LogP contribution in [0.15, 0.2) is 6.07 Å². The second-order valence-electron chi connectivity index (χ2n) is 4.08. The third-order valence-corrected chi connectivity index (χ3v) is 4.14. The molecule has 94 valence electrons. The lowest BCUT2D eigenvalue weighted by atomic mass is 10.2. The molecule has 2 rings (SSSR count). The van der Waals surface area contributed by atoms with Gasteiger partial charge in [0.15, 0.2) is 5.78 Å². The zero-order valence-electron chi connectivity index (χ0n) is 9.41. The maximum Gasteiger partial charge on any atom is 0.179 e. The third-order valence-electron chi connectivity index (χ3n) is 2.65. The number of thiophene rings is 1. The molecule has 6 heteroatoms. The summed E-state index contributed by atoms with van der Waals surface area (Å²) in [6, 6.07) is 1.64. The second kappa shape index (κ2) is 5.67. The van der Waals surface area contributed by atoms with Gasteiger partial charge in [0, 0.05) is 13.1 Å². The molecule has 3 nitrogen and oxygen atoms in total. The molecule has 1 aromatic rings. The Bertz CT molecular complexity index is 422. The zero-order valence-corrected chi connectivity index (χ0v) is 11.7. The van der Waals surface area contributed by atoms with Gasteiger partial charge in [-0.1, -0.05) is 23.2 Å². The molecule has 1 aliphatic heterocycles. The predicted octanol–water partition coefficient (Wildman–Crippen LogP) is 2.96. The Morgan fingerprint density at radius 2 is 2.41 bits per heavy atom. The summed E-state index contributed by atoms with van der Waals surface area (Å²) in [5.41, 5.74) is 0.529. The highest BCUT2D eigenvalue weighted by Crippen LogP contribution is 2.31. The number of carbonyl (C=O) groups is 1. The summed E-state index contributed by atoms with van der Waals surface area (Å²) in [5.74, 6) is 0.0206. The molecule has 0 saturated carbocycles. The molecule has 0 radical (unpaired) electrons. The van der Waals surface area contributed by atoms with Crippen molar-refractivity contribution in [2.75, 3.05) is 26.2 Å². The van der Waals surface area contributed by atoms with E-state index in [1.54, 1.807) is 6.07 Å². The van der Waals surface area contributed by atoms with Gasteiger partial charge in [-0.05, 0) is 13.0 Å². The summed E-state index contributed by atoms with van der Waals surface area (Å²) in [4.78, 5) is 14.1. The van der Waals surface area contributed by atoms with Gasteiger partial charge in [-0.2, -0.15) is 0 Å². The van der Waals surface area contributed by atoms with Crippen LogP contribution in [0.1, 0.15) is 17.3 Å².